The van der Waals surface area contributed by atoms with Crippen LogP contribution in [0.2, 0.25) is 0 Å². The Morgan fingerprint density at radius 3 is 3.04 bits per heavy atom. The third-order valence-corrected chi connectivity index (χ3v) is 5.73. The van der Waals surface area contributed by atoms with Crippen molar-refractivity contribution in [2.45, 2.75) is 32.4 Å². The van der Waals surface area contributed by atoms with E-state index >= 15 is 0 Å². The molecule has 6 heteroatoms. The highest BCUT2D eigenvalue weighted by molar-refractivity contribution is 5.94. The zero-order valence-corrected chi connectivity index (χ0v) is 16.3. The molecule has 0 amide bonds. The van der Waals surface area contributed by atoms with Crippen LogP contribution in [0.15, 0.2) is 36.5 Å². The van der Waals surface area contributed by atoms with Crippen LogP contribution in [0, 0.1) is 6.92 Å². The van der Waals surface area contributed by atoms with Crippen molar-refractivity contribution >= 4 is 22.1 Å². The first-order valence-corrected chi connectivity index (χ1v) is 9.87. The molecule has 1 fully saturated rings. The van der Waals surface area contributed by atoms with Crippen molar-refractivity contribution in [1.29, 1.82) is 0 Å². The molecule has 28 heavy (non-hydrogen) atoms. The van der Waals surface area contributed by atoms with Crippen molar-refractivity contribution in [2.75, 3.05) is 20.3 Å². The van der Waals surface area contributed by atoms with E-state index in [1.54, 1.807) is 7.11 Å². The zero-order valence-electron chi connectivity index (χ0n) is 16.3. The molecule has 0 unspecified atom stereocenters. The molecule has 144 valence electrons. The lowest BCUT2D eigenvalue weighted by Crippen LogP contribution is -2.32. The van der Waals surface area contributed by atoms with Crippen molar-refractivity contribution in [3.8, 4) is 11.3 Å². The predicted octanol–water partition coefficient (Wildman–Crippen LogP) is 4.03. The molecule has 0 bridgehead atoms. The third kappa shape index (κ3) is 3.08. The van der Waals surface area contributed by atoms with Gasteiger partial charge in [-0.15, -0.1) is 0 Å². The van der Waals surface area contributed by atoms with Crippen molar-refractivity contribution in [1.82, 2.24) is 24.8 Å². The Morgan fingerprint density at radius 1 is 1.21 bits per heavy atom. The van der Waals surface area contributed by atoms with Gasteiger partial charge in [0.15, 0.2) is 5.65 Å². The van der Waals surface area contributed by atoms with Crippen molar-refractivity contribution in [3.05, 3.63) is 47.9 Å². The molecule has 3 aromatic heterocycles. The number of ether oxygens (including phenoxy) is 1. The molecular weight excluding hydrogens is 350 g/mol. The minimum absolute atomic E-state index is 0.538. The molecule has 0 spiro atoms. The normalized spacial score (nSPS) is 17.9. The van der Waals surface area contributed by atoms with Crippen LogP contribution >= 0.6 is 0 Å². The van der Waals surface area contributed by atoms with Crippen LogP contribution in [-0.2, 0) is 11.3 Å². The van der Waals surface area contributed by atoms with Crippen molar-refractivity contribution in [3.63, 3.8) is 0 Å². The monoisotopic (exact) mass is 375 g/mol. The number of pyridine rings is 1. The van der Waals surface area contributed by atoms with Crippen molar-refractivity contribution in [2.24, 2.45) is 0 Å². The van der Waals surface area contributed by atoms with E-state index < -0.39 is 0 Å². The van der Waals surface area contributed by atoms with Gasteiger partial charge in [-0.25, -0.2) is 9.97 Å². The van der Waals surface area contributed by atoms with Gasteiger partial charge in [-0.1, -0.05) is 6.07 Å². The molecule has 4 aromatic rings. The van der Waals surface area contributed by atoms with Gasteiger partial charge in [-0.3, -0.25) is 4.90 Å². The quantitative estimate of drug-likeness (QED) is 0.553. The Balaban J connectivity index is 1.47. The van der Waals surface area contributed by atoms with Gasteiger partial charge in [0.1, 0.15) is 5.82 Å². The lowest BCUT2D eigenvalue weighted by atomic mass is 10.1. The van der Waals surface area contributed by atoms with Crippen LogP contribution in [0.3, 0.4) is 0 Å². The largest absolute Gasteiger partial charge is 0.383 e. The Hall–Kier alpha value is -2.70. The second-order valence-corrected chi connectivity index (χ2v) is 7.71. The van der Waals surface area contributed by atoms with Crippen LogP contribution in [0.4, 0.5) is 0 Å². The Kier molecular flexibility index (Phi) is 4.37. The highest BCUT2D eigenvalue weighted by atomic mass is 16.5. The Morgan fingerprint density at radius 2 is 2.14 bits per heavy atom. The topological polar surface area (TPSA) is 69.8 Å². The van der Waals surface area contributed by atoms with Gasteiger partial charge in [0.2, 0.25) is 0 Å². The van der Waals surface area contributed by atoms with Gasteiger partial charge >= 0.3 is 0 Å². The average molecular weight is 375 g/mol. The minimum Gasteiger partial charge on any atom is -0.383 e. The average Bonchev–Trinajstić information content (AvgIpc) is 3.39. The smallest absolute Gasteiger partial charge is 0.178 e. The van der Waals surface area contributed by atoms with E-state index in [1.807, 2.05) is 19.2 Å². The van der Waals surface area contributed by atoms with E-state index in [4.69, 9.17) is 4.74 Å². The number of rotatable bonds is 5. The number of fused-ring (bicyclic) bond motifs is 2. The lowest BCUT2D eigenvalue weighted by Gasteiger charge is -2.23. The summed E-state index contributed by atoms with van der Waals surface area (Å²) in [5, 5.41) is 1.23. The van der Waals surface area contributed by atoms with Crippen LogP contribution in [-0.4, -0.2) is 51.1 Å². The molecule has 1 saturated heterocycles. The first-order valence-electron chi connectivity index (χ1n) is 9.87. The van der Waals surface area contributed by atoms with Gasteiger partial charge in [0.25, 0.3) is 0 Å². The second-order valence-electron chi connectivity index (χ2n) is 7.71. The van der Waals surface area contributed by atoms with Crippen LogP contribution < -0.4 is 0 Å². The number of H-pyrrole nitrogens is 2. The Labute approximate surface area is 163 Å². The molecule has 0 radical (unpaired) electrons. The highest BCUT2D eigenvalue weighted by Gasteiger charge is 2.24. The van der Waals surface area contributed by atoms with Crippen LogP contribution in [0.5, 0.6) is 0 Å². The fourth-order valence-corrected chi connectivity index (χ4v) is 4.40. The van der Waals surface area contributed by atoms with Crippen LogP contribution in [0.1, 0.15) is 24.2 Å². The number of aryl methyl sites for hydroxylation is 1. The zero-order chi connectivity index (χ0) is 19.1. The lowest BCUT2D eigenvalue weighted by molar-refractivity contribution is 0.112. The maximum atomic E-state index is 5.39. The molecule has 1 aliphatic heterocycles. The summed E-state index contributed by atoms with van der Waals surface area (Å²) in [4.78, 5) is 18.2. The summed E-state index contributed by atoms with van der Waals surface area (Å²) >= 11 is 0. The number of aromatic nitrogens is 4. The summed E-state index contributed by atoms with van der Waals surface area (Å²) in [7, 11) is 1.79. The summed E-state index contributed by atoms with van der Waals surface area (Å²) in [6.45, 7) is 4.90. The summed E-state index contributed by atoms with van der Waals surface area (Å²) in [6.07, 6.45) is 4.30. The number of benzene rings is 1. The maximum absolute atomic E-state index is 5.39. The number of aromatic amines is 2. The van der Waals surface area contributed by atoms with Crippen LogP contribution in [0.25, 0.3) is 33.3 Å². The fourth-order valence-electron chi connectivity index (χ4n) is 4.40. The number of nitrogens with one attached hydrogen (secondary N) is 2. The van der Waals surface area contributed by atoms with E-state index in [-0.39, 0.29) is 0 Å². The summed E-state index contributed by atoms with van der Waals surface area (Å²) in [5.41, 5.74) is 6.41. The SMILES string of the molecule is COC[C@@H]1CCCN1Cc1ccc2[nH]c(-c3ccnc4nc(C)[nH]c34)cc2c1. The molecule has 4 heterocycles. The standard InChI is InChI=1S/C22H25N5O/c1-14-24-21-18(7-8-23-22(21)25-14)20-11-16-10-15(5-6-19(16)26-20)12-27-9-3-4-17(27)13-28-2/h5-8,10-11,17,26H,3-4,9,12-13H2,1-2H3,(H,23,24,25)/t17-/m0/s1. The molecule has 5 rings (SSSR count). The molecule has 0 saturated carbocycles. The third-order valence-electron chi connectivity index (χ3n) is 5.73. The van der Waals surface area contributed by atoms with Gasteiger partial charge in [0, 0.05) is 48.1 Å². The molecule has 2 N–H and O–H groups in total. The first-order chi connectivity index (χ1) is 13.7. The maximum Gasteiger partial charge on any atom is 0.178 e. The van der Waals surface area contributed by atoms with E-state index in [2.05, 4.69) is 49.1 Å². The second kappa shape index (κ2) is 7.04. The number of likely N-dealkylation sites (tertiary alicyclic amines) is 1. The molecule has 1 aliphatic rings. The van der Waals surface area contributed by atoms with Gasteiger partial charge < -0.3 is 14.7 Å². The molecule has 1 aromatic carbocycles. The van der Waals surface area contributed by atoms with Gasteiger partial charge in [-0.05, 0) is 56.1 Å². The number of nitrogens with zero attached hydrogens (tertiary/aromatic N) is 3. The predicted molar refractivity (Wildman–Crippen MR) is 111 cm³/mol. The highest BCUT2D eigenvalue weighted by Crippen LogP contribution is 2.29. The first kappa shape index (κ1) is 17.4. The van der Waals surface area contributed by atoms with E-state index in [0.29, 0.717) is 6.04 Å². The van der Waals surface area contributed by atoms with Gasteiger partial charge in [0.05, 0.1) is 12.1 Å². The molecule has 0 aliphatic carbocycles. The minimum atomic E-state index is 0.538. The summed E-state index contributed by atoms with van der Waals surface area (Å²) in [6, 6.07) is 11.5. The van der Waals surface area contributed by atoms with Crippen molar-refractivity contribution < 1.29 is 4.74 Å². The molecule has 6 nitrogen and oxygen atoms in total. The van der Waals surface area contributed by atoms with E-state index in [0.717, 1.165) is 53.5 Å². The number of hydrogen-bond donors (Lipinski definition) is 2. The summed E-state index contributed by atoms with van der Waals surface area (Å²) < 4.78 is 5.39. The number of imidazole rings is 1. The van der Waals surface area contributed by atoms with E-state index in [1.165, 1.54) is 23.8 Å². The number of hydrogen-bond acceptors (Lipinski definition) is 4. The summed E-state index contributed by atoms with van der Waals surface area (Å²) in [5.74, 6) is 0.879. The molecular formula is C22H25N5O. The number of methoxy groups -OCH3 is 1. The Bertz CT molecular complexity index is 1130. The van der Waals surface area contributed by atoms with Gasteiger partial charge in [-0.2, -0.15) is 0 Å². The fraction of sp³-hybridized carbons (Fsp3) is 0.364. The molecule has 1 atom stereocenters. The van der Waals surface area contributed by atoms with E-state index in [9.17, 15) is 0 Å².